The molecule has 0 atom stereocenters. The van der Waals surface area contributed by atoms with Crippen LogP contribution in [0, 0.1) is 0 Å². The van der Waals surface area contributed by atoms with E-state index in [1.54, 1.807) is 42.5 Å². The van der Waals surface area contributed by atoms with Crippen LogP contribution in [0.3, 0.4) is 0 Å². The summed E-state index contributed by atoms with van der Waals surface area (Å²) in [5.74, 6) is 0.275. The van der Waals surface area contributed by atoms with Crippen molar-refractivity contribution in [3.8, 4) is 5.75 Å². The minimum atomic E-state index is -0.267. The molecule has 1 aliphatic heterocycles. The molecule has 0 radical (unpaired) electrons. The summed E-state index contributed by atoms with van der Waals surface area (Å²) in [7, 11) is 0. The maximum Gasteiger partial charge on any atom is 0.257 e. The van der Waals surface area contributed by atoms with E-state index in [2.05, 4.69) is 20.9 Å². The number of ether oxygens (including phenoxy) is 2. The van der Waals surface area contributed by atoms with E-state index in [0.717, 1.165) is 43.4 Å². The number of para-hydroxylation sites is 1. The number of hydrogen-bond acceptors (Lipinski definition) is 6. The Hall–Kier alpha value is -4.04. The Kier molecular flexibility index (Phi) is 8.19. The van der Waals surface area contributed by atoms with Crippen molar-refractivity contribution in [1.29, 1.82) is 0 Å². The van der Waals surface area contributed by atoms with E-state index in [0.29, 0.717) is 23.5 Å². The number of hydrogen-bond donors (Lipinski definition) is 3. The minimum Gasteiger partial charge on any atom is -0.494 e. The number of amides is 2. The Balaban J connectivity index is 1.31. The van der Waals surface area contributed by atoms with E-state index < -0.39 is 0 Å². The lowest BCUT2D eigenvalue weighted by molar-refractivity contribution is -0.114. The SMILES string of the molecule is CCOc1ccc(NC(=O)c2ccccc2NCC(=O)Nc2ccc(N3CCOCC3)cc2)cc1. The van der Waals surface area contributed by atoms with Crippen molar-refractivity contribution in [3.63, 3.8) is 0 Å². The Bertz CT molecular complexity index is 1130. The van der Waals surface area contributed by atoms with E-state index in [1.165, 1.54) is 0 Å². The normalized spacial score (nSPS) is 13.1. The lowest BCUT2D eigenvalue weighted by atomic mass is 10.1. The Labute approximate surface area is 205 Å². The lowest BCUT2D eigenvalue weighted by Crippen LogP contribution is -2.36. The van der Waals surface area contributed by atoms with Gasteiger partial charge in [0, 0.05) is 35.8 Å². The Morgan fingerprint density at radius 1 is 0.886 bits per heavy atom. The van der Waals surface area contributed by atoms with Gasteiger partial charge in [0.1, 0.15) is 5.75 Å². The van der Waals surface area contributed by atoms with Crippen LogP contribution in [-0.2, 0) is 9.53 Å². The molecule has 8 heteroatoms. The van der Waals surface area contributed by atoms with Gasteiger partial charge in [0.2, 0.25) is 5.91 Å². The predicted molar refractivity (Wildman–Crippen MR) is 139 cm³/mol. The standard InChI is InChI=1S/C27H30N4O4/c1-2-35-23-13-9-21(10-14-23)30-27(33)24-5-3-4-6-25(24)28-19-26(32)29-20-7-11-22(12-8-20)31-15-17-34-18-16-31/h3-14,28H,2,15-19H2,1H3,(H,29,32)(H,30,33). The minimum absolute atomic E-state index is 0.0264. The smallest absolute Gasteiger partial charge is 0.257 e. The van der Waals surface area contributed by atoms with Crippen molar-refractivity contribution in [2.75, 3.05) is 60.3 Å². The number of carbonyl (C=O) groups excluding carboxylic acids is 2. The zero-order valence-electron chi connectivity index (χ0n) is 19.8. The molecule has 0 spiro atoms. The molecule has 3 N–H and O–H groups in total. The zero-order chi connectivity index (χ0) is 24.5. The van der Waals surface area contributed by atoms with Crippen molar-refractivity contribution in [3.05, 3.63) is 78.4 Å². The number of rotatable bonds is 9. The first kappa shape index (κ1) is 24.1. The molecule has 4 rings (SSSR count). The van der Waals surface area contributed by atoms with Crippen LogP contribution < -0.4 is 25.6 Å². The van der Waals surface area contributed by atoms with Crippen LogP contribution in [0.4, 0.5) is 22.7 Å². The molecule has 2 amide bonds. The van der Waals surface area contributed by atoms with Gasteiger partial charge in [-0.2, -0.15) is 0 Å². The van der Waals surface area contributed by atoms with Crippen LogP contribution in [0.25, 0.3) is 0 Å². The predicted octanol–water partition coefficient (Wildman–Crippen LogP) is 4.22. The highest BCUT2D eigenvalue weighted by Gasteiger charge is 2.13. The van der Waals surface area contributed by atoms with Gasteiger partial charge < -0.3 is 30.3 Å². The summed E-state index contributed by atoms with van der Waals surface area (Å²) < 4.78 is 10.8. The van der Waals surface area contributed by atoms with Gasteiger partial charge in [0.25, 0.3) is 5.91 Å². The Morgan fingerprint density at radius 2 is 1.54 bits per heavy atom. The van der Waals surface area contributed by atoms with E-state index in [9.17, 15) is 9.59 Å². The quantitative estimate of drug-likeness (QED) is 0.430. The summed E-state index contributed by atoms with van der Waals surface area (Å²) in [6, 6.07) is 22.1. The van der Waals surface area contributed by atoms with Gasteiger partial charge in [0.05, 0.1) is 31.9 Å². The summed E-state index contributed by atoms with van der Waals surface area (Å²) in [6.45, 7) is 5.70. The molecule has 0 aromatic heterocycles. The van der Waals surface area contributed by atoms with Gasteiger partial charge >= 0.3 is 0 Å². The van der Waals surface area contributed by atoms with Crippen molar-refractivity contribution >= 4 is 34.6 Å². The molecule has 1 fully saturated rings. The molecule has 182 valence electrons. The molecule has 3 aromatic rings. The summed E-state index contributed by atoms with van der Waals surface area (Å²) in [5.41, 5.74) is 3.51. The van der Waals surface area contributed by atoms with Crippen molar-refractivity contribution in [2.24, 2.45) is 0 Å². The first-order valence-corrected chi connectivity index (χ1v) is 11.7. The molecular weight excluding hydrogens is 444 g/mol. The van der Waals surface area contributed by atoms with E-state index in [4.69, 9.17) is 9.47 Å². The average Bonchev–Trinajstić information content (AvgIpc) is 2.90. The highest BCUT2D eigenvalue weighted by molar-refractivity contribution is 6.08. The van der Waals surface area contributed by atoms with Gasteiger partial charge in [-0.3, -0.25) is 9.59 Å². The molecule has 0 aliphatic carbocycles. The van der Waals surface area contributed by atoms with E-state index in [-0.39, 0.29) is 18.4 Å². The number of anilines is 4. The van der Waals surface area contributed by atoms with Crippen LogP contribution in [0.2, 0.25) is 0 Å². The number of carbonyl (C=O) groups is 2. The molecule has 8 nitrogen and oxygen atoms in total. The summed E-state index contributed by atoms with van der Waals surface area (Å²) in [4.78, 5) is 27.6. The third-order valence-electron chi connectivity index (χ3n) is 5.56. The average molecular weight is 475 g/mol. The molecular formula is C27H30N4O4. The monoisotopic (exact) mass is 474 g/mol. The van der Waals surface area contributed by atoms with Crippen molar-refractivity contribution < 1.29 is 19.1 Å². The molecule has 3 aromatic carbocycles. The fourth-order valence-electron chi connectivity index (χ4n) is 3.79. The molecule has 0 saturated carbocycles. The van der Waals surface area contributed by atoms with E-state index in [1.807, 2.05) is 37.3 Å². The topological polar surface area (TPSA) is 91.9 Å². The number of nitrogens with zero attached hydrogens (tertiary/aromatic N) is 1. The highest BCUT2D eigenvalue weighted by atomic mass is 16.5. The Morgan fingerprint density at radius 3 is 2.26 bits per heavy atom. The number of benzene rings is 3. The summed E-state index contributed by atoms with van der Waals surface area (Å²) >= 11 is 0. The van der Waals surface area contributed by atoms with Gasteiger partial charge in [-0.15, -0.1) is 0 Å². The summed E-state index contributed by atoms with van der Waals surface area (Å²) in [5, 5.41) is 8.84. The zero-order valence-corrected chi connectivity index (χ0v) is 19.8. The molecule has 0 bridgehead atoms. The van der Waals surface area contributed by atoms with Crippen LogP contribution in [0.1, 0.15) is 17.3 Å². The maximum absolute atomic E-state index is 12.8. The molecule has 35 heavy (non-hydrogen) atoms. The molecule has 1 saturated heterocycles. The number of nitrogens with one attached hydrogen (secondary N) is 3. The van der Waals surface area contributed by atoms with Crippen LogP contribution in [0.5, 0.6) is 5.75 Å². The first-order valence-electron chi connectivity index (χ1n) is 11.7. The second kappa shape index (κ2) is 11.9. The number of morpholine rings is 1. The maximum atomic E-state index is 12.8. The second-order valence-electron chi connectivity index (χ2n) is 8.01. The van der Waals surface area contributed by atoms with Gasteiger partial charge in [-0.05, 0) is 67.6 Å². The molecule has 1 heterocycles. The van der Waals surface area contributed by atoms with E-state index >= 15 is 0 Å². The van der Waals surface area contributed by atoms with Crippen LogP contribution >= 0.6 is 0 Å². The van der Waals surface area contributed by atoms with Crippen LogP contribution in [-0.4, -0.2) is 51.3 Å². The molecule has 1 aliphatic rings. The highest BCUT2D eigenvalue weighted by Crippen LogP contribution is 2.21. The lowest BCUT2D eigenvalue weighted by Gasteiger charge is -2.28. The molecule has 0 unspecified atom stereocenters. The van der Waals surface area contributed by atoms with Gasteiger partial charge in [-0.1, -0.05) is 12.1 Å². The fourth-order valence-corrected chi connectivity index (χ4v) is 3.79. The third-order valence-corrected chi connectivity index (χ3v) is 5.56. The fraction of sp³-hybridized carbons (Fsp3) is 0.259. The van der Waals surface area contributed by atoms with Crippen LogP contribution in [0.15, 0.2) is 72.8 Å². The largest absolute Gasteiger partial charge is 0.494 e. The van der Waals surface area contributed by atoms with Crippen molar-refractivity contribution in [2.45, 2.75) is 6.92 Å². The third kappa shape index (κ3) is 6.74. The summed E-state index contributed by atoms with van der Waals surface area (Å²) in [6.07, 6.45) is 0. The first-order chi connectivity index (χ1) is 17.1. The van der Waals surface area contributed by atoms with Crippen molar-refractivity contribution in [1.82, 2.24) is 0 Å². The van der Waals surface area contributed by atoms with Gasteiger partial charge in [-0.25, -0.2) is 0 Å². The van der Waals surface area contributed by atoms with Gasteiger partial charge in [0.15, 0.2) is 0 Å². The second-order valence-corrected chi connectivity index (χ2v) is 8.01.